The Morgan fingerprint density at radius 2 is 1.82 bits per heavy atom. The average molecular weight is 402 g/mol. The largest absolute Gasteiger partial charge is 0.495 e. The number of nitrogens with zero attached hydrogens (tertiary/aromatic N) is 2. The summed E-state index contributed by atoms with van der Waals surface area (Å²) in [6.07, 6.45) is 0.452. The summed E-state index contributed by atoms with van der Waals surface area (Å²) in [6, 6.07) is 13.8. The van der Waals surface area contributed by atoms with Crippen molar-refractivity contribution in [3.8, 4) is 5.75 Å². The molecule has 5 nitrogen and oxygen atoms in total. The van der Waals surface area contributed by atoms with E-state index in [1.165, 1.54) is 11.1 Å². The van der Waals surface area contributed by atoms with E-state index in [1.54, 1.807) is 25.3 Å². The lowest BCUT2D eigenvalue weighted by molar-refractivity contribution is -0.116. The highest BCUT2D eigenvalue weighted by molar-refractivity contribution is 6.31. The molecule has 28 heavy (non-hydrogen) atoms. The van der Waals surface area contributed by atoms with Crippen LogP contribution in [0.15, 0.2) is 42.5 Å². The van der Waals surface area contributed by atoms with Crippen molar-refractivity contribution < 1.29 is 9.53 Å². The number of piperazine rings is 1. The van der Waals surface area contributed by atoms with Crippen LogP contribution in [0.5, 0.6) is 5.75 Å². The van der Waals surface area contributed by atoms with E-state index >= 15 is 0 Å². The van der Waals surface area contributed by atoms with Gasteiger partial charge in [-0.1, -0.05) is 35.9 Å². The normalized spacial score (nSPS) is 15.4. The lowest BCUT2D eigenvalue weighted by Gasteiger charge is -2.34. The molecule has 0 unspecified atom stereocenters. The minimum absolute atomic E-state index is 0.0251. The first-order valence-corrected chi connectivity index (χ1v) is 10.1. The zero-order valence-electron chi connectivity index (χ0n) is 16.6. The Bertz CT molecular complexity index is 804. The molecular weight excluding hydrogens is 374 g/mol. The predicted molar refractivity (Wildman–Crippen MR) is 114 cm³/mol. The fourth-order valence-electron chi connectivity index (χ4n) is 3.45. The minimum Gasteiger partial charge on any atom is -0.495 e. The van der Waals surface area contributed by atoms with Crippen LogP contribution in [0.25, 0.3) is 0 Å². The Hall–Kier alpha value is -2.08. The number of nitrogens with one attached hydrogen (secondary N) is 1. The van der Waals surface area contributed by atoms with Crippen molar-refractivity contribution in [1.82, 2.24) is 9.80 Å². The second-order valence-electron chi connectivity index (χ2n) is 7.19. The van der Waals surface area contributed by atoms with Crippen LogP contribution in [0.3, 0.4) is 0 Å². The predicted octanol–water partition coefficient (Wildman–Crippen LogP) is 3.80. The van der Waals surface area contributed by atoms with Crippen molar-refractivity contribution in [1.29, 1.82) is 0 Å². The van der Waals surface area contributed by atoms with Gasteiger partial charge in [0.05, 0.1) is 12.8 Å². The van der Waals surface area contributed by atoms with E-state index in [1.807, 2.05) is 0 Å². The fourth-order valence-corrected chi connectivity index (χ4v) is 3.62. The number of carbonyl (C=O) groups is 1. The van der Waals surface area contributed by atoms with Crippen molar-refractivity contribution in [2.75, 3.05) is 45.2 Å². The number of benzene rings is 2. The van der Waals surface area contributed by atoms with Gasteiger partial charge in [-0.15, -0.1) is 0 Å². The summed E-state index contributed by atoms with van der Waals surface area (Å²) in [5.74, 6) is 0.588. The molecule has 6 heteroatoms. The number of hydrogen-bond donors (Lipinski definition) is 1. The Labute approximate surface area is 172 Å². The maximum atomic E-state index is 12.3. The third-order valence-corrected chi connectivity index (χ3v) is 5.45. The van der Waals surface area contributed by atoms with Crippen LogP contribution in [0, 0.1) is 6.92 Å². The van der Waals surface area contributed by atoms with Crippen LogP contribution in [0.1, 0.15) is 17.5 Å². The van der Waals surface area contributed by atoms with Crippen molar-refractivity contribution in [3.63, 3.8) is 0 Å². The molecule has 1 heterocycles. The molecule has 0 atom stereocenters. The molecule has 0 radical (unpaired) electrons. The van der Waals surface area contributed by atoms with Gasteiger partial charge in [0.2, 0.25) is 5.91 Å². The third kappa shape index (κ3) is 5.71. The molecule has 150 valence electrons. The van der Waals surface area contributed by atoms with E-state index in [0.29, 0.717) is 22.9 Å². The number of hydrogen-bond acceptors (Lipinski definition) is 4. The zero-order chi connectivity index (χ0) is 19.9. The summed E-state index contributed by atoms with van der Waals surface area (Å²) in [7, 11) is 1.58. The van der Waals surface area contributed by atoms with E-state index in [-0.39, 0.29) is 5.91 Å². The maximum absolute atomic E-state index is 12.3. The van der Waals surface area contributed by atoms with Gasteiger partial charge in [0.25, 0.3) is 0 Å². The van der Waals surface area contributed by atoms with Gasteiger partial charge in [-0.3, -0.25) is 9.69 Å². The number of methoxy groups -OCH3 is 1. The van der Waals surface area contributed by atoms with Crippen LogP contribution >= 0.6 is 11.6 Å². The molecule has 0 aliphatic carbocycles. The maximum Gasteiger partial charge on any atom is 0.225 e. The second kappa shape index (κ2) is 9.92. The molecule has 1 N–H and O–H groups in total. The van der Waals surface area contributed by atoms with Crippen molar-refractivity contribution >= 4 is 23.2 Å². The summed E-state index contributed by atoms with van der Waals surface area (Å²) in [5, 5.41) is 3.47. The van der Waals surface area contributed by atoms with Crippen LogP contribution < -0.4 is 10.1 Å². The highest BCUT2D eigenvalue weighted by atomic mass is 35.5. The highest BCUT2D eigenvalue weighted by Gasteiger charge is 2.18. The van der Waals surface area contributed by atoms with Gasteiger partial charge in [0.15, 0.2) is 0 Å². The molecular formula is C22H28ClN3O2. The molecule has 1 aliphatic heterocycles. The molecule has 2 aromatic carbocycles. The van der Waals surface area contributed by atoms with E-state index in [0.717, 1.165) is 39.3 Å². The second-order valence-corrected chi connectivity index (χ2v) is 7.62. The van der Waals surface area contributed by atoms with E-state index < -0.39 is 0 Å². The minimum atomic E-state index is -0.0251. The van der Waals surface area contributed by atoms with Gasteiger partial charge in [0.1, 0.15) is 5.75 Å². The molecule has 1 fully saturated rings. The van der Waals surface area contributed by atoms with Gasteiger partial charge >= 0.3 is 0 Å². The standard InChI is InChI=1S/C22H28ClN3O2/c1-17-5-3-4-6-18(17)16-26-13-11-25(12-14-26)10-9-22(27)24-20-15-19(23)7-8-21(20)28-2/h3-8,15H,9-14,16H2,1-2H3,(H,24,27). The van der Waals surface area contributed by atoms with Crippen LogP contribution in [-0.4, -0.2) is 55.5 Å². The number of ether oxygens (including phenoxy) is 1. The summed E-state index contributed by atoms with van der Waals surface area (Å²) in [5.41, 5.74) is 3.35. The summed E-state index contributed by atoms with van der Waals surface area (Å²) in [4.78, 5) is 17.2. The molecule has 1 saturated heterocycles. The number of halogens is 1. The number of amides is 1. The zero-order valence-corrected chi connectivity index (χ0v) is 17.3. The molecule has 2 aromatic rings. The summed E-state index contributed by atoms with van der Waals surface area (Å²) >= 11 is 6.02. The molecule has 0 saturated carbocycles. The average Bonchev–Trinajstić information content (AvgIpc) is 2.69. The lowest BCUT2D eigenvalue weighted by atomic mass is 10.1. The van der Waals surface area contributed by atoms with E-state index in [4.69, 9.17) is 16.3 Å². The number of anilines is 1. The van der Waals surface area contributed by atoms with Crippen molar-refractivity contribution in [2.45, 2.75) is 19.9 Å². The van der Waals surface area contributed by atoms with E-state index in [2.05, 4.69) is 46.3 Å². The Kier molecular flexibility index (Phi) is 7.31. The van der Waals surface area contributed by atoms with Gasteiger partial charge in [-0.05, 0) is 36.2 Å². The first kappa shape index (κ1) is 20.6. The molecule has 3 rings (SSSR count). The smallest absolute Gasteiger partial charge is 0.225 e. The molecule has 1 amide bonds. The van der Waals surface area contributed by atoms with E-state index in [9.17, 15) is 4.79 Å². The van der Waals surface area contributed by atoms with Crippen LogP contribution in [0.2, 0.25) is 5.02 Å². The number of carbonyl (C=O) groups excluding carboxylic acids is 1. The van der Waals surface area contributed by atoms with Crippen molar-refractivity contribution in [2.24, 2.45) is 0 Å². The molecule has 0 spiro atoms. The van der Waals surface area contributed by atoms with Gasteiger partial charge in [0, 0.05) is 50.7 Å². The third-order valence-electron chi connectivity index (χ3n) is 5.21. The number of rotatable bonds is 7. The Morgan fingerprint density at radius 1 is 1.11 bits per heavy atom. The van der Waals surface area contributed by atoms with Crippen LogP contribution in [0.4, 0.5) is 5.69 Å². The first-order chi connectivity index (χ1) is 13.5. The summed E-state index contributed by atoms with van der Waals surface area (Å²) < 4.78 is 5.28. The Balaban J connectivity index is 1.42. The lowest BCUT2D eigenvalue weighted by Crippen LogP contribution is -2.46. The van der Waals surface area contributed by atoms with Gasteiger partial charge < -0.3 is 15.0 Å². The SMILES string of the molecule is COc1ccc(Cl)cc1NC(=O)CCN1CCN(Cc2ccccc2C)CC1. The van der Waals surface area contributed by atoms with Crippen LogP contribution in [-0.2, 0) is 11.3 Å². The molecule has 1 aliphatic rings. The molecule has 0 aromatic heterocycles. The van der Waals surface area contributed by atoms with Gasteiger partial charge in [-0.25, -0.2) is 0 Å². The fraction of sp³-hybridized carbons (Fsp3) is 0.409. The quantitative estimate of drug-likeness (QED) is 0.766. The highest BCUT2D eigenvalue weighted by Crippen LogP contribution is 2.27. The molecule has 0 bridgehead atoms. The monoisotopic (exact) mass is 401 g/mol. The van der Waals surface area contributed by atoms with Crippen molar-refractivity contribution in [3.05, 3.63) is 58.6 Å². The Morgan fingerprint density at radius 3 is 2.54 bits per heavy atom. The topological polar surface area (TPSA) is 44.8 Å². The summed E-state index contributed by atoms with van der Waals surface area (Å²) in [6.45, 7) is 7.94. The first-order valence-electron chi connectivity index (χ1n) is 9.68. The number of aryl methyl sites for hydroxylation is 1. The van der Waals surface area contributed by atoms with Gasteiger partial charge in [-0.2, -0.15) is 0 Å².